The van der Waals surface area contributed by atoms with Gasteiger partial charge in [0.1, 0.15) is 21.7 Å². The first kappa shape index (κ1) is 32.1. The Labute approximate surface area is 275 Å². The number of hydrogen-bond acceptors (Lipinski definition) is 8. The molecule has 1 atom stereocenters. The highest BCUT2D eigenvalue weighted by atomic mass is 32.2. The Morgan fingerprint density at radius 2 is 1.52 bits per heavy atom. The van der Waals surface area contributed by atoms with Crippen LogP contribution in [0.1, 0.15) is 38.7 Å². The van der Waals surface area contributed by atoms with Crippen LogP contribution in [0.15, 0.2) is 120 Å². The zero-order valence-electron chi connectivity index (χ0n) is 25.1. The van der Waals surface area contributed by atoms with Crippen LogP contribution in [0.25, 0.3) is 6.08 Å². The second kappa shape index (κ2) is 15.6. The zero-order chi connectivity index (χ0) is 32.3. The van der Waals surface area contributed by atoms with Crippen molar-refractivity contribution in [2.45, 2.75) is 24.0 Å². The van der Waals surface area contributed by atoms with Crippen molar-refractivity contribution in [3.63, 3.8) is 0 Å². The van der Waals surface area contributed by atoms with E-state index in [0.717, 1.165) is 15.5 Å². The molecule has 3 amide bonds. The molecule has 46 heavy (non-hydrogen) atoms. The Morgan fingerprint density at radius 3 is 2.15 bits per heavy atom. The normalized spacial score (nSPS) is 11.7. The van der Waals surface area contributed by atoms with Gasteiger partial charge in [-0.2, -0.15) is 0 Å². The van der Waals surface area contributed by atoms with E-state index in [1.54, 1.807) is 54.6 Å². The van der Waals surface area contributed by atoms with Gasteiger partial charge >= 0.3 is 0 Å². The van der Waals surface area contributed by atoms with Crippen LogP contribution in [-0.4, -0.2) is 34.5 Å². The molecule has 0 saturated heterocycles. The molecule has 1 aromatic heterocycles. The molecular weight excluding hydrogens is 619 g/mol. The standard InChI is InChI=1S/C35H31N5O4S2/c1-3-44-28-18-14-24(15-19-28)22-30(37-32(41)26-12-8-5-9-13-26)33(42)36-27-16-20-29(21-17-27)46-31(25-10-6-4-7-11-25)34(43)38-35-40-39-23(2)45-35/h4-22,31H,3H2,1-2H3,(H,36,42)(H,37,41)(H,38,40,43)/b30-22-. The summed E-state index contributed by atoms with van der Waals surface area (Å²) in [5.74, 6) is -0.414. The van der Waals surface area contributed by atoms with Gasteiger partial charge < -0.3 is 15.4 Å². The third-order valence-corrected chi connectivity index (χ3v) is 8.51. The van der Waals surface area contributed by atoms with Crippen LogP contribution in [0, 0.1) is 6.92 Å². The van der Waals surface area contributed by atoms with Gasteiger partial charge in [-0.25, -0.2) is 0 Å². The Kier molecular flexibility index (Phi) is 10.9. The third-order valence-electron chi connectivity index (χ3n) is 6.49. The monoisotopic (exact) mass is 649 g/mol. The molecule has 1 heterocycles. The molecule has 5 aromatic rings. The molecule has 232 valence electrons. The topological polar surface area (TPSA) is 122 Å². The molecule has 4 aromatic carbocycles. The van der Waals surface area contributed by atoms with E-state index >= 15 is 0 Å². The van der Waals surface area contributed by atoms with Gasteiger partial charge in [0.15, 0.2) is 0 Å². The average molecular weight is 650 g/mol. The number of aryl methyl sites for hydroxylation is 1. The number of nitrogens with one attached hydrogen (secondary N) is 3. The van der Waals surface area contributed by atoms with Crippen LogP contribution in [-0.2, 0) is 9.59 Å². The van der Waals surface area contributed by atoms with E-state index in [1.807, 2.05) is 74.5 Å². The summed E-state index contributed by atoms with van der Waals surface area (Å²) in [4.78, 5) is 40.6. The van der Waals surface area contributed by atoms with Gasteiger partial charge in [0.25, 0.3) is 11.8 Å². The van der Waals surface area contributed by atoms with Gasteiger partial charge in [-0.05, 0) is 79.6 Å². The van der Waals surface area contributed by atoms with Gasteiger partial charge in [-0.3, -0.25) is 19.7 Å². The Bertz CT molecular complexity index is 1810. The minimum absolute atomic E-state index is 0.0733. The minimum atomic E-state index is -0.553. The summed E-state index contributed by atoms with van der Waals surface area (Å²) in [6.45, 7) is 4.27. The SMILES string of the molecule is CCOc1ccc(/C=C(\NC(=O)c2ccccc2)C(=O)Nc2ccc(SC(C(=O)Nc3nnc(C)s3)c3ccccc3)cc2)cc1. The van der Waals surface area contributed by atoms with Crippen LogP contribution in [0.3, 0.4) is 0 Å². The average Bonchev–Trinajstić information content (AvgIpc) is 3.49. The summed E-state index contributed by atoms with van der Waals surface area (Å²) < 4.78 is 5.52. The number of anilines is 2. The maximum atomic E-state index is 13.5. The summed E-state index contributed by atoms with van der Waals surface area (Å²) in [7, 11) is 0. The predicted octanol–water partition coefficient (Wildman–Crippen LogP) is 7.13. The molecule has 0 spiro atoms. The van der Waals surface area contributed by atoms with E-state index in [1.165, 1.54) is 23.1 Å². The lowest BCUT2D eigenvalue weighted by molar-refractivity contribution is -0.116. The van der Waals surface area contributed by atoms with Crippen LogP contribution in [0.2, 0.25) is 0 Å². The van der Waals surface area contributed by atoms with Crippen LogP contribution in [0.5, 0.6) is 5.75 Å². The van der Waals surface area contributed by atoms with Crippen molar-refractivity contribution in [1.29, 1.82) is 0 Å². The first-order valence-electron chi connectivity index (χ1n) is 14.4. The number of aromatic nitrogens is 2. The van der Waals surface area contributed by atoms with E-state index in [9.17, 15) is 14.4 Å². The van der Waals surface area contributed by atoms with Crippen molar-refractivity contribution < 1.29 is 19.1 Å². The number of ether oxygens (including phenoxy) is 1. The van der Waals surface area contributed by atoms with Crippen molar-refractivity contribution in [3.8, 4) is 5.75 Å². The predicted molar refractivity (Wildman–Crippen MR) is 183 cm³/mol. The lowest BCUT2D eigenvalue weighted by atomic mass is 10.1. The molecule has 0 aliphatic heterocycles. The maximum Gasteiger partial charge on any atom is 0.272 e. The van der Waals surface area contributed by atoms with E-state index in [4.69, 9.17) is 4.74 Å². The Hall–Kier alpha value is -5.26. The Balaban J connectivity index is 1.32. The van der Waals surface area contributed by atoms with E-state index in [-0.39, 0.29) is 11.6 Å². The van der Waals surface area contributed by atoms with E-state index < -0.39 is 17.1 Å². The second-order valence-electron chi connectivity index (χ2n) is 9.88. The van der Waals surface area contributed by atoms with Gasteiger partial charge in [0, 0.05) is 16.1 Å². The molecule has 11 heteroatoms. The molecule has 0 radical (unpaired) electrons. The van der Waals surface area contributed by atoms with Gasteiger partial charge in [0.2, 0.25) is 11.0 Å². The molecule has 9 nitrogen and oxygen atoms in total. The second-order valence-corrected chi connectivity index (χ2v) is 12.2. The summed E-state index contributed by atoms with van der Waals surface area (Å²) in [6.07, 6.45) is 1.61. The van der Waals surface area contributed by atoms with Crippen molar-refractivity contribution in [2.75, 3.05) is 17.2 Å². The van der Waals surface area contributed by atoms with Gasteiger partial charge in [0.05, 0.1) is 6.61 Å². The van der Waals surface area contributed by atoms with Crippen molar-refractivity contribution in [1.82, 2.24) is 15.5 Å². The molecule has 3 N–H and O–H groups in total. The van der Waals surface area contributed by atoms with E-state index in [2.05, 4.69) is 26.1 Å². The largest absolute Gasteiger partial charge is 0.494 e. The summed E-state index contributed by atoms with van der Waals surface area (Å²) in [5, 5.41) is 17.1. The number of hydrogen-bond donors (Lipinski definition) is 3. The number of carbonyl (C=O) groups excluding carboxylic acids is 3. The highest BCUT2D eigenvalue weighted by molar-refractivity contribution is 8.00. The lowest BCUT2D eigenvalue weighted by Gasteiger charge is -2.16. The molecule has 1 unspecified atom stereocenters. The molecule has 0 saturated carbocycles. The number of amides is 3. The number of benzene rings is 4. The summed E-state index contributed by atoms with van der Waals surface area (Å²) >= 11 is 2.69. The molecule has 0 bridgehead atoms. The molecule has 0 aliphatic carbocycles. The zero-order valence-corrected chi connectivity index (χ0v) is 26.7. The first-order chi connectivity index (χ1) is 22.4. The fourth-order valence-corrected chi connectivity index (χ4v) is 5.93. The molecular formula is C35H31N5O4S2. The minimum Gasteiger partial charge on any atom is -0.494 e. The number of rotatable bonds is 12. The van der Waals surface area contributed by atoms with Crippen molar-refractivity contribution >= 4 is 57.7 Å². The van der Waals surface area contributed by atoms with Crippen LogP contribution in [0.4, 0.5) is 10.8 Å². The molecule has 0 fully saturated rings. The first-order valence-corrected chi connectivity index (χ1v) is 16.1. The maximum absolute atomic E-state index is 13.5. The number of nitrogens with zero attached hydrogens (tertiary/aromatic N) is 2. The number of thioether (sulfide) groups is 1. The fraction of sp³-hybridized carbons (Fsp3) is 0.114. The smallest absolute Gasteiger partial charge is 0.272 e. The van der Waals surface area contributed by atoms with Crippen LogP contribution < -0.4 is 20.7 Å². The van der Waals surface area contributed by atoms with Crippen molar-refractivity contribution in [2.24, 2.45) is 0 Å². The van der Waals surface area contributed by atoms with Gasteiger partial charge in [-0.1, -0.05) is 72.0 Å². The number of carbonyl (C=O) groups is 3. The molecule has 5 rings (SSSR count). The quantitative estimate of drug-likeness (QED) is 0.0971. The lowest BCUT2D eigenvalue weighted by Crippen LogP contribution is -2.30. The Morgan fingerprint density at radius 1 is 0.848 bits per heavy atom. The fourth-order valence-electron chi connectivity index (χ4n) is 4.31. The summed E-state index contributed by atoms with van der Waals surface area (Å²) in [5.41, 5.74) is 2.56. The highest BCUT2D eigenvalue weighted by Crippen LogP contribution is 2.37. The van der Waals surface area contributed by atoms with Crippen molar-refractivity contribution in [3.05, 3.63) is 137 Å². The highest BCUT2D eigenvalue weighted by Gasteiger charge is 2.23. The van der Waals surface area contributed by atoms with Crippen LogP contribution >= 0.6 is 23.1 Å². The third kappa shape index (κ3) is 8.90. The van der Waals surface area contributed by atoms with Gasteiger partial charge in [-0.15, -0.1) is 22.0 Å². The summed E-state index contributed by atoms with van der Waals surface area (Å²) in [6, 6.07) is 32.6. The van der Waals surface area contributed by atoms with E-state index in [0.29, 0.717) is 34.3 Å². The molecule has 0 aliphatic rings.